The molecular weight excluding hydrogens is 322 g/mol. The molecule has 0 aliphatic carbocycles. The minimum Gasteiger partial charge on any atom is -0.506 e. The Morgan fingerprint density at radius 3 is 2.36 bits per heavy atom. The summed E-state index contributed by atoms with van der Waals surface area (Å²) in [6, 6.07) is 12.3. The molecule has 1 heterocycles. The van der Waals surface area contributed by atoms with Gasteiger partial charge in [-0.1, -0.05) is 29.3 Å². The second-order valence-corrected chi connectivity index (χ2v) is 7.23. The number of pyridine rings is 1. The summed E-state index contributed by atoms with van der Waals surface area (Å²) in [5.74, 6) is -0.111. The van der Waals surface area contributed by atoms with Crippen molar-refractivity contribution in [2.45, 2.75) is 16.7 Å². The number of halogens is 1. The molecule has 3 aromatic rings. The van der Waals surface area contributed by atoms with Crippen LogP contribution >= 0.6 is 11.6 Å². The predicted octanol–water partition coefficient (Wildman–Crippen LogP) is 3.74. The Labute approximate surface area is 132 Å². The normalized spacial score (nSPS) is 11.7. The Morgan fingerprint density at radius 2 is 1.68 bits per heavy atom. The highest BCUT2D eigenvalue weighted by Gasteiger charge is 2.21. The van der Waals surface area contributed by atoms with Crippen molar-refractivity contribution in [3.63, 3.8) is 0 Å². The van der Waals surface area contributed by atoms with E-state index >= 15 is 0 Å². The molecule has 0 spiro atoms. The zero-order chi connectivity index (χ0) is 15.9. The van der Waals surface area contributed by atoms with Gasteiger partial charge in [-0.25, -0.2) is 13.4 Å². The van der Waals surface area contributed by atoms with E-state index < -0.39 is 9.84 Å². The van der Waals surface area contributed by atoms with Crippen molar-refractivity contribution in [1.82, 2.24) is 4.98 Å². The number of aromatic nitrogens is 1. The van der Waals surface area contributed by atoms with Crippen LogP contribution in [0.4, 0.5) is 0 Å². The highest BCUT2D eigenvalue weighted by atomic mass is 35.5. The molecule has 0 amide bonds. The summed E-state index contributed by atoms with van der Waals surface area (Å²) in [5, 5.41) is 10.4. The van der Waals surface area contributed by atoms with Crippen LogP contribution < -0.4 is 0 Å². The van der Waals surface area contributed by atoms with E-state index in [1.54, 1.807) is 30.3 Å². The number of phenolic OH excluding ortho intramolecular Hbond substituents is 1. The van der Waals surface area contributed by atoms with Crippen molar-refractivity contribution in [3.05, 3.63) is 59.2 Å². The summed E-state index contributed by atoms with van der Waals surface area (Å²) < 4.78 is 25.6. The van der Waals surface area contributed by atoms with E-state index in [4.69, 9.17) is 11.6 Å². The maximum Gasteiger partial charge on any atom is 0.207 e. The van der Waals surface area contributed by atoms with E-state index in [-0.39, 0.29) is 26.2 Å². The Hall–Kier alpha value is -2.11. The van der Waals surface area contributed by atoms with Crippen LogP contribution in [0, 0.1) is 6.92 Å². The molecule has 1 aromatic heterocycles. The number of phenols is 1. The van der Waals surface area contributed by atoms with Crippen molar-refractivity contribution in [2.75, 3.05) is 0 Å². The molecule has 4 nitrogen and oxygen atoms in total. The van der Waals surface area contributed by atoms with Crippen LogP contribution in [-0.2, 0) is 9.84 Å². The third-order valence-electron chi connectivity index (χ3n) is 3.38. The smallest absolute Gasteiger partial charge is 0.207 e. The average molecular weight is 334 g/mol. The largest absolute Gasteiger partial charge is 0.506 e. The maximum atomic E-state index is 12.8. The van der Waals surface area contributed by atoms with Crippen LogP contribution in [0.3, 0.4) is 0 Å². The summed E-state index contributed by atoms with van der Waals surface area (Å²) >= 11 is 5.82. The minimum atomic E-state index is -3.71. The minimum absolute atomic E-state index is 0.0910. The van der Waals surface area contributed by atoms with Crippen molar-refractivity contribution in [3.8, 4) is 5.75 Å². The summed E-state index contributed by atoms with van der Waals surface area (Å²) in [7, 11) is -3.71. The molecule has 0 saturated carbocycles. The molecule has 112 valence electrons. The van der Waals surface area contributed by atoms with Crippen molar-refractivity contribution < 1.29 is 13.5 Å². The fourth-order valence-corrected chi connectivity index (χ4v) is 3.83. The van der Waals surface area contributed by atoms with Crippen molar-refractivity contribution in [2.24, 2.45) is 0 Å². The molecule has 1 N–H and O–H groups in total. The van der Waals surface area contributed by atoms with Gasteiger partial charge < -0.3 is 5.11 Å². The number of hydrogen-bond acceptors (Lipinski definition) is 4. The topological polar surface area (TPSA) is 67.3 Å². The summed E-state index contributed by atoms with van der Waals surface area (Å²) in [6.07, 6.45) is 0. The Kier molecular flexibility index (Phi) is 3.54. The molecule has 0 atom stereocenters. The number of benzene rings is 2. The van der Waals surface area contributed by atoms with Crippen LogP contribution in [0.15, 0.2) is 58.3 Å². The first kappa shape index (κ1) is 14.8. The van der Waals surface area contributed by atoms with Crippen LogP contribution in [0.1, 0.15) is 5.56 Å². The zero-order valence-electron chi connectivity index (χ0n) is 11.6. The van der Waals surface area contributed by atoms with Crippen molar-refractivity contribution >= 4 is 32.3 Å². The third kappa shape index (κ3) is 2.42. The fourth-order valence-electron chi connectivity index (χ4n) is 2.23. The van der Waals surface area contributed by atoms with Gasteiger partial charge in [-0.2, -0.15) is 0 Å². The predicted molar refractivity (Wildman–Crippen MR) is 85.0 cm³/mol. The van der Waals surface area contributed by atoms with Gasteiger partial charge in [-0.15, -0.1) is 0 Å². The third-order valence-corrected chi connectivity index (χ3v) is 5.42. The van der Waals surface area contributed by atoms with E-state index in [9.17, 15) is 13.5 Å². The van der Waals surface area contributed by atoms with E-state index in [0.717, 1.165) is 5.56 Å². The maximum absolute atomic E-state index is 12.8. The summed E-state index contributed by atoms with van der Waals surface area (Å²) in [4.78, 5) is 4.29. The van der Waals surface area contributed by atoms with Gasteiger partial charge in [0.25, 0.3) is 0 Å². The molecule has 0 aliphatic rings. The Morgan fingerprint density at radius 1 is 1.00 bits per heavy atom. The molecule has 0 unspecified atom stereocenters. The average Bonchev–Trinajstić information content (AvgIpc) is 2.48. The molecular formula is C16H12ClNO3S. The van der Waals surface area contributed by atoms with Crippen LogP contribution in [-0.4, -0.2) is 18.5 Å². The number of rotatable bonds is 2. The standard InChI is InChI=1S/C16H12ClNO3S/c1-10-2-4-11(5-3-10)22(20,21)14-8-7-13(19)16-12(14)6-9-15(17)18-16/h2-9,19H,1H3. The van der Waals surface area contributed by atoms with Gasteiger partial charge in [-0.05, 0) is 43.3 Å². The van der Waals surface area contributed by atoms with E-state index in [1.165, 1.54) is 18.2 Å². The van der Waals surface area contributed by atoms with Gasteiger partial charge in [0.15, 0.2) is 0 Å². The van der Waals surface area contributed by atoms with Gasteiger partial charge in [-0.3, -0.25) is 0 Å². The first-order chi connectivity index (χ1) is 10.4. The number of aryl methyl sites for hydroxylation is 1. The number of fused-ring (bicyclic) bond motifs is 1. The molecule has 2 aromatic carbocycles. The van der Waals surface area contributed by atoms with Crippen LogP contribution in [0.5, 0.6) is 5.75 Å². The van der Waals surface area contributed by atoms with E-state index in [0.29, 0.717) is 5.39 Å². The van der Waals surface area contributed by atoms with Gasteiger partial charge in [0, 0.05) is 5.39 Å². The Bertz CT molecular complexity index is 967. The highest BCUT2D eigenvalue weighted by Crippen LogP contribution is 2.33. The number of hydrogen-bond donors (Lipinski definition) is 1. The molecule has 0 radical (unpaired) electrons. The zero-order valence-corrected chi connectivity index (χ0v) is 13.2. The van der Waals surface area contributed by atoms with Gasteiger partial charge in [0.05, 0.1) is 9.79 Å². The molecule has 3 rings (SSSR count). The highest BCUT2D eigenvalue weighted by molar-refractivity contribution is 7.91. The lowest BCUT2D eigenvalue weighted by atomic mass is 10.2. The van der Waals surface area contributed by atoms with E-state index in [1.807, 2.05) is 6.92 Å². The molecule has 0 saturated heterocycles. The summed E-state index contributed by atoms with van der Waals surface area (Å²) in [6.45, 7) is 1.89. The van der Waals surface area contributed by atoms with Crippen molar-refractivity contribution in [1.29, 1.82) is 0 Å². The SMILES string of the molecule is Cc1ccc(S(=O)(=O)c2ccc(O)c3nc(Cl)ccc23)cc1. The molecule has 0 bridgehead atoms. The lowest BCUT2D eigenvalue weighted by molar-refractivity contribution is 0.480. The second-order valence-electron chi connectivity index (χ2n) is 4.93. The Balaban J connectivity index is 2.30. The monoisotopic (exact) mass is 333 g/mol. The number of aromatic hydroxyl groups is 1. The lowest BCUT2D eigenvalue weighted by Gasteiger charge is -2.09. The van der Waals surface area contributed by atoms with Crippen LogP contribution in [0.2, 0.25) is 5.15 Å². The second kappa shape index (κ2) is 5.26. The quantitative estimate of drug-likeness (QED) is 0.725. The first-order valence-corrected chi connectivity index (χ1v) is 8.36. The first-order valence-electron chi connectivity index (χ1n) is 6.49. The molecule has 0 aliphatic heterocycles. The number of nitrogens with zero attached hydrogens (tertiary/aromatic N) is 1. The van der Waals surface area contributed by atoms with Gasteiger partial charge in [0.2, 0.25) is 9.84 Å². The van der Waals surface area contributed by atoms with Gasteiger partial charge >= 0.3 is 0 Å². The molecule has 6 heteroatoms. The fraction of sp³-hybridized carbons (Fsp3) is 0.0625. The van der Waals surface area contributed by atoms with Gasteiger partial charge in [0.1, 0.15) is 16.4 Å². The van der Waals surface area contributed by atoms with Crippen LogP contribution in [0.25, 0.3) is 10.9 Å². The number of sulfone groups is 1. The summed E-state index contributed by atoms with van der Waals surface area (Å²) in [5.41, 5.74) is 1.14. The van der Waals surface area contributed by atoms with E-state index in [2.05, 4.69) is 4.98 Å². The molecule has 22 heavy (non-hydrogen) atoms. The molecule has 0 fully saturated rings. The lowest BCUT2D eigenvalue weighted by Crippen LogP contribution is -2.03.